The van der Waals surface area contributed by atoms with E-state index >= 15 is 0 Å². The third kappa shape index (κ3) is 5.34. The molecule has 0 radical (unpaired) electrons. The van der Waals surface area contributed by atoms with Crippen molar-refractivity contribution >= 4 is 35.2 Å². The predicted octanol–water partition coefficient (Wildman–Crippen LogP) is 0.0643. The van der Waals surface area contributed by atoms with E-state index in [1.54, 1.807) is 38.2 Å². The summed E-state index contributed by atoms with van der Waals surface area (Å²) in [6.07, 6.45) is -0.829. The Morgan fingerprint density at radius 2 is 1.95 bits per heavy atom. The topological polar surface area (TPSA) is 88.9 Å². The molecule has 0 saturated heterocycles. The highest BCUT2D eigenvalue weighted by Crippen LogP contribution is 2.19. The molecule has 0 aliphatic rings. The summed E-state index contributed by atoms with van der Waals surface area (Å²) in [6.45, 7) is 1.65. The number of quaternary nitrogens is 1. The first-order valence-corrected chi connectivity index (χ1v) is 6.98. The first-order chi connectivity index (χ1) is 10.3. The molecule has 2 atom stereocenters. The number of ether oxygens (including phenoxy) is 1. The van der Waals surface area contributed by atoms with Crippen LogP contribution in [0.3, 0.4) is 0 Å². The van der Waals surface area contributed by atoms with Gasteiger partial charge in [0.15, 0.2) is 12.6 Å². The number of nitrogens with one attached hydrogen (secondary N) is 3. The molecule has 3 amide bonds. The lowest BCUT2D eigenvalue weighted by atomic mass is 10.2. The summed E-state index contributed by atoms with van der Waals surface area (Å²) in [7, 11) is 2.84. The van der Waals surface area contributed by atoms with Crippen LogP contribution in [0.5, 0.6) is 0 Å². The van der Waals surface area contributed by atoms with Crippen LogP contribution in [-0.4, -0.2) is 44.7 Å². The average molecular weight is 329 g/mol. The second kappa shape index (κ2) is 8.35. The zero-order valence-electron chi connectivity index (χ0n) is 12.6. The molecule has 0 aromatic heterocycles. The molecule has 1 aromatic carbocycles. The van der Waals surface area contributed by atoms with Crippen LogP contribution in [0.1, 0.15) is 6.92 Å². The lowest BCUT2D eigenvalue weighted by Gasteiger charge is -2.20. The summed E-state index contributed by atoms with van der Waals surface area (Å²) in [5, 5.41) is 5.18. The van der Waals surface area contributed by atoms with Crippen molar-refractivity contribution in [1.29, 1.82) is 0 Å². The number of anilines is 1. The number of methoxy groups -OCH3 is 1. The number of hydrogen-bond acceptors (Lipinski definition) is 4. The quantitative estimate of drug-likeness (QED) is 0.713. The van der Waals surface area contributed by atoms with Crippen LogP contribution in [-0.2, 0) is 14.3 Å². The van der Waals surface area contributed by atoms with Crippen molar-refractivity contribution in [2.24, 2.45) is 0 Å². The van der Waals surface area contributed by atoms with E-state index in [-0.39, 0.29) is 12.5 Å². The number of hydrogen-bond donors (Lipinski definition) is 3. The summed E-state index contributed by atoms with van der Waals surface area (Å²) in [4.78, 5) is 35.3. The van der Waals surface area contributed by atoms with E-state index in [4.69, 9.17) is 11.6 Å². The van der Waals surface area contributed by atoms with Crippen molar-refractivity contribution in [3.63, 3.8) is 0 Å². The molecule has 0 heterocycles. The first-order valence-electron chi connectivity index (χ1n) is 6.60. The maximum absolute atomic E-state index is 12.0. The molecule has 7 nitrogen and oxygen atoms in total. The van der Waals surface area contributed by atoms with Crippen molar-refractivity contribution in [3.8, 4) is 0 Å². The van der Waals surface area contributed by atoms with Gasteiger partial charge in [0.05, 0.1) is 24.9 Å². The largest absolute Gasteiger partial charge is 0.453 e. The number of likely N-dealkylation sites (N-methyl/N-ethyl adjacent to an activating group) is 1. The van der Waals surface area contributed by atoms with Crippen LogP contribution in [0.4, 0.5) is 10.5 Å². The van der Waals surface area contributed by atoms with Crippen LogP contribution in [0, 0.1) is 0 Å². The number of halogens is 1. The lowest BCUT2D eigenvalue weighted by Crippen LogP contribution is -3.15. The van der Waals surface area contributed by atoms with E-state index in [9.17, 15) is 14.4 Å². The normalized spacial score (nSPS) is 12.9. The second-order valence-corrected chi connectivity index (χ2v) is 5.16. The Morgan fingerprint density at radius 3 is 2.55 bits per heavy atom. The Kier molecular flexibility index (Phi) is 6.81. The number of amides is 3. The molecule has 1 rings (SSSR count). The number of alkyl carbamates (subject to hydrolysis) is 1. The van der Waals surface area contributed by atoms with E-state index in [1.165, 1.54) is 7.11 Å². The lowest BCUT2D eigenvalue weighted by molar-refractivity contribution is -0.885. The van der Waals surface area contributed by atoms with Gasteiger partial charge in [0, 0.05) is 0 Å². The summed E-state index contributed by atoms with van der Waals surface area (Å²) in [5.74, 6) is -0.807. The molecular formula is C14H19ClN3O4+. The molecule has 0 aliphatic heterocycles. The highest BCUT2D eigenvalue weighted by Gasteiger charge is 2.25. The number of para-hydroxylation sites is 1. The van der Waals surface area contributed by atoms with E-state index in [0.717, 1.165) is 0 Å². The fourth-order valence-corrected chi connectivity index (χ4v) is 1.83. The third-order valence-corrected chi connectivity index (χ3v) is 3.46. The maximum Gasteiger partial charge on any atom is 0.413 e. The van der Waals surface area contributed by atoms with Gasteiger partial charge < -0.3 is 15.0 Å². The van der Waals surface area contributed by atoms with Crippen molar-refractivity contribution in [2.45, 2.75) is 13.0 Å². The molecule has 8 heteroatoms. The van der Waals surface area contributed by atoms with Crippen LogP contribution in [0.2, 0.25) is 5.02 Å². The Morgan fingerprint density at radius 1 is 1.32 bits per heavy atom. The monoisotopic (exact) mass is 328 g/mol. The number of carbonyl (C=O) groups excluding carboxylic acids is 3. The number of carbonyl (C=O) groups is 3. The van der Waals surface area contributed by atoms with E-state index in [0.29, 0.717) is 15.6 Å². The minimum absolute atomic E-state index is 0.0426. The van der Waals surface area contributed by atoms with Crippen molar-refractivity contribution in [2.75, 3.05) is 26.0 Å². The molecule has 0 bridgehead atoms. The van der Waals surface area contributed by atoms with Gasteiger partial charge in [-0.1, -0.05) is 23.7 Å². The zero-order chi connectivity index (χ0) is 16.7. The van der Waals surface area contributed by atoms with Gasteiger partial charge in [-0.3, -0.25) is 14.9 Å². The smallest absolute Gasteiger partial charge is 0.413 e. The van der Waals surface area contributed by atoms with Crippen molar-refractivity contribution in [3.05, 3.63) is 29.3 Å². The Labute approximate surface area is 133 Å². The highest BCUT2D eigenvalue weighted by atomic mass is 35.5. The number of imide groups is 1. The van der Waals surface area contributed by atoms with Crippen LogP contribution < -0.4 is 15.5 Å². The fourth-order valence-electron chi connectivity index (χ4n) is 1.65. The third-order valence-electron chi connectivity index (χ3n) is 3.13. The number of rotatable bonds is 5. The highest BCUT2D eigenvalue weighted by molar-refractivity contribution is 6.33. The van der Waals surface area contributed by atoms with Crippen LogP contribution in [0.25, 0.3) is 0 Å². The first kappa shape index (κ1) is 17.9. The summed E-state index contributed by atoms with van der Waals surface area (Å²) < 4.78 is 4.35. The molecule has 0 aliphatic carbocycles. The molecule has 0 fully saturated rings. The van der Waals surface area contributed by atoms with Gasteiger partial charge in [-0.05, 0) is 19.1 Å². The van der Waals surface area contributed by atoms with Gasteiger partial charge in [0.25, 0.3) is 11.8 Å². The second-order valence-electron chi connectivity index (χ2n) is 4.75. The fraction of sp³-hybridized carbons (Fsp3) is 0.357. The van der Waals surface area contributed by atoms with Crippen LogP contribution in [0.15, 0.2) is 24.3 Å². The van der Waals surface area contributed by atoms with Gasteiger partial charge in [0.1, 0.15) is 0 Å². The molecular weight excluding hydrogens is 310 g/mol. The Bertz CT molecular complexity index is 565. The molecule has 0 saturated carbocycles. The zero-order valence-corrected chi connectivity index (χ0v) is 13.4. The van der Waals surface area contributed by atoms with Crippen molar-refractivity contribution < 1.29 is 24.0 Å². The summed E-state index contributed by atoms with van der Waals surface area (Å²) >= 11 is 5.95. The molecule has 3 N–H and O–H groups in total. The van der Waals surface area contributed by atoms with Gasteiger partial charge in [-0.15, -0.1) is 0 Å². The molecule has 120 valence electrons. The van der Waals surface area contributed by atoms with Gasteiger partial charge in [-0.2, -0.15) is 0 Å². The predicted molar refractivity (Wildman–Crippen MR) is 81.8 cm³/mol. The Balaban J connectivity index is 2.55. The SMILES string of the molecule is COC(=O)NC(=O)[C@H](C)[NH+](C)CC(=O)Nc1ccccc1Cl. The molecule has 1 unspecified atom stereocenters. The van der Waals surface area contributed by atoms with E-state index < -0.39 is 18.0 Å². The molecule has 0 spiro atoms. The van der Waals surface area contributed by atoms with E-state index in [1.807, 2.05) is 0 Å². The minimum Gasteiger partial charge on any atom is -0.453 e. The molecule has 1 aromatic rings. The molecule has 22 heavy (non-hydrogen) atoms. The standard InChI is InChI=1S/C14H18ClN3O4/c1-9(13(20)17-14(21)22-3)18(2)8-12(19)16-11-7-5-4-6-10(11)15/h4-7,9H,8H2,1-3H3,(H,16,19)(H,17,20,21)/p+1/t9-/m0/s1. The average Bonchev–Trinajstić information content (AvgIpc) is 2.48. The van der Waals surface area contributed by atoms with Crippen LogP contribution >= 0.6 is 11.6 Å². The van der Waals surface area contributed by atoms with Crippen molar-refractivity contribution in [1.82, 2.24) is 5.32 Å². The van der Waals surface area contributed by atoms with Gasteiger partial charge >= 0.3 is 6.09 Å². The van der Waals surface area contributed by atoms with E-state index in [2.05, 4.69) is 15.4 Å². The van der Waals surface area contributed by atoms with Gasteiger partial charge in [-0.25, -0.2) is 4.79 Å². The number of benzene rings is 1. The van der Waals surface area contributed by atoms with Gasteiger partial charge in [0.2, 0.25) is 0 Å². The maximum atomic E-state index is 12.0. The summed E-state index contributed by atoms with van der Waals surface area (Å²) in [6, 6.07) is 6.26. The minimum atomic E-state index is -0.829. The summed E-state index contributed by atoms with van der Waals surface area (Å²) in [5.41, 5.74) is 0.508. The Hall–Kier alpha value is -2.12.